The summed E-state index contributed by atoms with van der Waals surface area (Å²) in [5.74, 6) is -0.625. The van der Waals surface area contributed by atoms with Gasteiger partial charge in [-0.2, -0.15) is 0 Å². The standard InChI is InChI=1S/C19H20N2O3S/c1-3-5-13(6-4-2)7-10-18(22)20-15-8-9-16-14(11-15)12-17(25-16)19(23)21-24/h3-6,8-9,11-12,24H,1,7,10H2,2H3,(H,20,22)(H,21,23)/b6-4-,13-5+. The highest BCUT2D eigenvalue weighted by Crippen LogP contribution is 2.28. The lowest BCUT2D eigenvalue weighted by molar-refractivity contribution is -0.116. The van der Waals surface area contributed by atoms with Crippen LogP contribution in [0.3, 0.4) is 0 Å². The van der Waals surface area contributed by atoms with E-state index in [2.05, 4.69) is 11.9 Å². The summed E-state index contributed by atoms with van der Waals surface area (Å²) >= 11 is 1.27. The summed E-state index contributed by atoms with van der Waals surface area (Å²) in [7, 11) is 0. The van der Waals surface area contributed by atoms with E-state index in [1.807, 2.05) is 37.3 Å². The Morgan fingerprint density at radius 1 is 1.28 bits per heavy atom. The first kappa shape index (κ1) is 18.6. The quantitative estimate of drug-likeness (QED) is 0.390. The van der Waals surface area contributed by atoms with Crippen LogP contribution in [0.5, 0.6) is 0 Å². The maximum Gasteiger partial charge on any atom is 0.284 e. The van der Waals surface area contributed by atoms with Gasteiger partial charge in [-0.25, -0.2) is 5.48 Å². The number of thiophene rings is 1. The molecule has 0 saturated heterocycles. The van der Waals surface area contributed by atoms with Crippen LogP contribution in [0.4, 0.5) is 5.69 Å². The normalized spacial score (nSPS) is 11.7. The van der Waals surface area contributed by atoms with Gasteiger partial charge in [0.1, 0.15) is 0 Å². The summed E-state index contributed by atoms with van der Waals surface area (Å²) in [6.45, 7) is 5.60. The zero-order valence-electron chi connectivity index (χ0n) is 13.9. The number of benzene rings is 1. The predicted molar refractivity (Wildman–Crippen MR) is 102 cm³/mol. The van der Waals surface area contributed by atoms with Gasteiger partial charge < -0.3 is 5.32 Å². The summed E-state index contributed by atoms with van der Waals surface area (Å²) in [6.07, 6.45) is 8.47. The number of fused-ring (bicyclic) bond motifs is 1. The van der Waals surface area contributed by atoms with Gasteiger partial charge >= 0.3 is 0 Å². The molecule has 25 heavy (non-hydrogen) atoms. The van der Waals surface area contributed by atoms with Crippen molar-refractivity contribution in [2.75, 3.05) is 5.32 Å². The Morgan fingerprint density at radius 3 is 2.76 bits per heavy atom. The molecule has 2 amide bonds. The van der Waals surface area contributed by atoms with E-state index in [-0.39, 0.29) is 5.91 Å². The Kier molecular flexibility index (Phi) is 6.68. The van der Waals surface area contributed by atoms with Gasteiger partial charge in [0, 0.05) is 16.8 Å². The average molecular weight is 356 g/mol. The number of anilines is 1. The summed E-state index contributed by atoms with van der Waals surface area (Å²) in [5.41, 5.74) is 3.34. The molecule has 6 heteroatoms. The molecule has 0 atom stereocenters. The molecule has 0 unspecified atom stereocenters. The minimum absolute atomic E-state index is 0.0811. The van der Waals surface area contributed by atoms with Gasteiger partial charge in [0.2, 0.25) is 5.91 Å². The molecule has 0 saturated carbocycles. The molecule has 0 aliphatic rings. The van der Waals surface area contributed by atoms with E-state index >= 15 is 0 Å². The molecule has 130 valence electrons. The number of rotatable bonds is 7. The van der Waals surface area contributed by atoms with E-state index in [1.165, 1.54) is 11.3 Å². The van der Waals surface area contributed by atoms with Crippen LogP contribution in [0.25, 0.3) is 10.1 Å². The van der Waals surface area contributed by atoms with Crippen molar-refractivity contribution in [1.82, 2.24) is 5.48 Å². The van der Waals surface area contributed by atoms with Crippen LogP contribution in [-0.4, -0.2) is 17.0 Å². The molecule has 1 aromatic heterocycles. The molecule has 0 aliphatic carbocycles. The van der Waals surface area contributed by atoms with Crippen LogP contribution in [0, 0.1) is 0 Å². The van der Waals surface area contributed by atoms with Crippen molar-refractivity contribution in [2.24, 2.45) is 0 Å². The predicted octanol–water partition coefficient (Wildman–Crippen LogP) is 4.43. The lowest BCUT2D eigenvalue weighted by Gasteiger charge is -2.06. The van der Waals surface area contributed by atoms with Gasteiger partial charge in [0.25, 0.3) is 5.91 Å². The van der Waals surface area contributed by atoms with Crippen LogP contribution in [0.2, 0.25) is 0 Å². The molecule has 3 N–H and O–H groups in total. The Bertz CT molecular complexity index is 849. The topological polar surface area (TPSA) is 78.4 Å². The summed E-state index contributed by atoms with van der Waals surface area (Å²) in [6, 6.07) is 7.12. The fourth-order valence-electron chi connectivity index (χ4n) is 2.36. The van der Waals surface area contributed by atoms with Crippen LogP contribution in [0.1, 0.15) is 29.4 Å². The Labute approximate surface area is 150 Å². The van der Waals surface area contributed by atoms with Gasteiger partial charge in [-0.05, 0) is 48.6 Å². The zero-order chi connectivity index (χ0) is 18.2. The van der Waals surface area contributed by atoms with Crippen LogP contribution >= 0.6 is 11.3 Å². The summed E-state index contributed by atoms with van der Waals surface area (Å²) < 4.78 is 0.904. The zero-order valence-corrected chi connectivity index (χ0v) is 14.7. The largest absolute Gasteiger partial charge is 0.326 e. The second-order valence-electron chi connectivity index (χ2n) is 5.33. The van der Waals surface area contributed by atoms with Gasteiger partial charge in [0.05, 0.1) is 4.88 Å². The van der Waals surface area contributed by atoms with Gasteiger partial charge in [-0.3, -0.25) is 14.8 Å². The number of amides is 2. The smallest absolute Gasteiger partial charge is 0.284 e. The van der Waals surface area contributed by atoms with Crippen molar-refractivity contribution in [3.8, 4) is 0 Å². The average Bonchev–Trinajstić information content (AvgIpc) is 3.02. The van der Waals surface area contributed by atoms with E-state index in [0.717, 1.165) is 15.7 Å². The number of hydrogen-bond donors (Lipinski definition) is 3. The van der Waals surface area contributed by atoms with Crippen molar-refractivity contribution in [3.63, 3.8) is 0 Å². The molecule has 1 aromatic carbocycles. The third-order valence-corrected chi connectivity index (χ3v) is 4.59. The van der Waals surface area contributed by atoms with Gasteiger partial charge in [0.15, 0.2) is 0 Å². The maximum atomic E-state index is 12.1. The third kappa shape index (κ3) is 5.14. The lowest BCUT2D eigenvalue weighted by Crippen LogP contribution is -2.16. The minimum atomic E-state index is -0.544. The number of allylic oxidation sites excluding steroid dienone is 5. The first-order valence-corrected chi connectivity index (χ1v) is 8.61. The number of carbonyl (C=O) groups is 2. The molecular formula is C19H20N2O3S. The number of carbonyl (C=O) groups excluding carboxylic acids is 2. The molecule has 0 bridgehead atoms. The third-order valence-electron chi connectivity index (χ3n) is 3.48. The number of hydrogen-bond acceptors (Lipinski definition) is 4. The van der Waals surface area contributed by atoms with E-state index in [4.69, 9.17) is 5.21 Å². The number of nitrogens with one attached hydrogen (secondary N) is 2. The SMILES string of the molecule is C=C/C=C(\C=C/C)CCC(=O)Nc1ccc2sc(C(=O)NO)cc2c1. The molecule has 5 nitrogen and oxygen atoms in total. The molecule has 0 fully saturated rings. The van der Waals surface area contributed by atoms with Crippen molar-refractivity contribution in [2.45, 2.75) is 19.8 Å². The van der Waals surface area contributed by atoms with Crippen LogP contribution < -0.4 is 10.8 Å². The molecule has 0 spiro atoms. The van der Waals surface area contributed by atoms with E-state index < -0.39 is 5.91 Å². The first-order valence-electron chi connectivity index (χ1n) is 7.79. The van der Waals surface area contributed by atoms with E-state index in [0.29, 0.717) is 23.4 Å². The highest BCUT2D eigenvalue weighted by Gasteiger charge is 2.10. The molecular weight excluding hydrogens is 336 g/mol. The molecule has 2 rings (SSSR count). The Balaban J connectivity index is 2.04. The number of hydroxylamine groups is 1. The maximum absolute atomic E-state index is 12.1. The molecule has 0 aliphatic heterocycles. The minimum Gasteiger partial charge on any atom is -0.326 e. The second kappa shape index (κ2) is 8.96. The highest BCUT2D eigenvalue weighted by molar-refractivity contribution is 7.20. The highest BCUT2D eigenvalue weighted by atomic mass is 32.1. The fraction of sp³-hybridized carbons (Fsp3) is 0.158. The van der Waals surface area contributed by atoms with Crippen molar-refractivity contribution in [3.05, 3.63) is 65.6 Å². The van der Waals surface area contributed by atoms with E-state index in [1.54, 1.807) is 23.7 Å². The second-order valence-corrected chi connectivity index (χ2v) is 6.41. The van der Waals surface area contributed by atoms with Crippen molar-refractivity contribution < 1.29 is 14.8 Å². The van der Waals surface area contributed by atoms with Crippen molar-refractivity contribution in [1.29, 1.82) is 0 Å². The molecule has 0 radical (unpaired) electrons. The molecule has 2 aromatic rings. The van der Waals surface area contributed by atoms with E-state index in [9.17, 15) is 9.59 Å². The fourth-order valence-corrected chi connectivity index (χ4v) is 3.29. The summed E-state index contributed by atoms with van der Waals surface area (Å²) in [4.78, 5) is 24.0. The Hall–Kier alpha value is -2.70. The van der Waals surface area contributed by atoms with Gasteiger partial charge in [-0.15, -0.1) is 11.3 Å². The Morgan fingerprint density at radius 2 is 2.08 bits per heavy atom. The van der Waals surface area contributed by atoms with Crippen LogP contribution in [-0.2, 0) is 4.79 Å². The van der Waals surface area contributed by atoms with Gasteiger partial charge in [-0.1, -0.05) is 30.9 Å². The first-order chi connectivity index (χ1) is 12.1. The monoisotopic (exact) mass is 356 g/mol. The molecule has 1 heterocycles. The lowest BCUT2D eigenvalue weighted by atomic mass is 10.1. The van der Waals surface area contributed by atoms with Crippen molar-refractivity contribution >= 4 is 38.9 Å². The summed E-state index contributed by atoms with van der Waals surface area (Å²) in [5, 5.41) is 12.4. The van der Waals surface area contributed by atoms with Crippen LogP contribution in [0.15, 0.2) is 60.7 Å².